The smallest absolute Gasteiger partial charge is 0.338 e. The van der Waals surface area contributed by atoms with Crippen molar-refractivity contribution in [2.75, 3.05) is 11.9 Å². The second-order valence-electron chi connectivity index (χ2n) is 4.15. The molecule has 1 aromatic carbocycles. The van der Waals surface area contributed by atoms with Gasteiger partial charge in [0.1, 0.15) is 6.54 Å². The van der Waals surface area contributed by atoms with Crippen LogP contribution < -0.4 is 5.32 Å². The van der Waals surface area contributed by atoms with Crippen LogP contribution in [-0.2, 0) is 16.1 Å². The molecule has 2 rings (SSSR count). The molecule has 116 valence electrons. The number of aromatic nitrogens is 3. The average Bonchev–Trinajstić information content (AvgIpc) is 2.77. The molecular formula is C13H12Cl2N4O3. The van der Waals surface area contributed by atoms with Crippen molar-refractivity contribution in [3.8, 4) is 0 Å². The number of amides is 1. The first kappa shape index (κ1) is 16.3. The topological polar surface area (TPSA) is 86.1 Å². The van der Waals surface area contributed by atoms with E-state index in [1.165, 1.54) is 4.68 Å². The molecule has 9 heteroatoms. The molecule has 0 radical (unpaired) electrons. The molecule has 1 N–H and O–H groups in total. The molecule has 1 aromatic heterocycles. The lowest BCUT2D eigenvalue weighted by atomic mass is 10.2. The van der Waals surface area contributed by atoms with E-state index in [2.05, 4.69) is 15.4 Å². The fraction of sp³-hybridized carbons (Fsp3) is 0.231. The minimum Gasteiger partial charge on any atom is -0.462 e. The Hall–Kier alpha value is -2.12. The monoisotopic (exact) mass is 342 g/mol. The summed E-state index contributed by atoms with van der Waals surface area (Å²) >= 11 is 11.3. The molecule has 0 saturated heterocycles. The molecule has 0 unspecified atom stereocenters. The Labute approximate surface area is 136 Å². The molecule has 22 heavy (non-hydrogen) atoms. The van der Waals surface area contributed by atoms with Crippen LogP contribution in [-0.4, -0.2) is 33.2 Å². The molecule has 0 bridgehead atoms. The van der Waals surface area contributed by atoms with Gasteiger partial charge in [-0.05, 0) is 54.4 Å². The van der Waals surface area contributed by atoms with Gasteiger partial charge < -0.3 is 10.1 Å². The number of rotatable bonds is 5. The maximum Gasteiger partial charge on any atom is 0.338 e. The van der Waals surface area contributed by atoms with Crippen molar-refractivity contribution in [3.63, 3.8) is 0 Å². The third-order valence-corrected chi connectivity index (χ3v) is 3.01. The lowest BCUT2D eigenvalue weighted by molar-refractivity contribution is -0.116. The Morgan fingerprint density at radius 3 is 2.50 bits per heavy atom. The lowest BCUT2D eigenvalue weighted by Crippen LogP contribution is -2.19. The van der Waals surface area contributed by atoms with E-state index >= 15 is 0 Å². The quantitative estimate of drug-likeness (QED) is 0.843. The van der Waals surface area contributed by atoms with Crippen LogP contribution in [0, 0.1) is 0 Å². The molecule has 7 nitrogen and oxygen atoms in total. The fourth-order valence-corrected chi connectivity index (χ4v) is 2.03. The number of halogens is 2. The van der Waals surface area contributed by atoms with Gasteiger partial charge in [0.15, 0.2) is 0 Å². The predicted octanol–water partition coefficient (Wildman–Crippen LogP) is 2.40. The number of hydrogen-bond acceptors (Lipinski definition) is 5. The summed E-state index contributed by atoms with van der Waals surface area (Å²) in [5, 5.41) is 6.41. The molecule has 0 aliphatic carbocycles. The lowest BCUT2D eigenvalue weighted by Gasteiger charge is -2.06. The van der Waals surface area contributed by atoms with Crippen molar-refractivity contribution in [1.29, 1.82) is 0 Å². The van der Waals surface area contributed by atoms with Crippen molar-refractivity contribution < 1.29 is 14.3 Å². The van der Waals surface area contributed by atoms with Crippen molar-refractivity contribution in [1.82, 2.24) is 14.8 Å². The van der Waals surface area contributed by atoms with Crippen molar-refractivity contribution in [2.24, 2.45) is 0 Å². The van der Waals surface area contributed by atoms with Crippen molar-refractivity contribution >= 4 is 40.8 Å². The van der Waals surface area contributed by atoms with E-state index in [-0.39, 0.29) is 23.0 Å². The van der Waals surface area contributed by atoms with Crippen LogP contribution >= 0.6 is 23.2 Å². The SMILES string of the molecule is CCOC(=O)c1ccc(NC(=O)Cn2nc(Cl)nc2Cl)cc1. The number of hydrogen-bond donors (Lipinski definition) is 1. The first-order valence-electron chi connectivity index (χ1n) is 6.32. The second kappa shape index (κ2) is 7.24. The van der Waals surface area contributed by atoms with Gasteiger partial charge in [-0.25, -0.2) is 9.48 Å². The number of ether oxygens (including phenoxy) is 1. The maximum absolute atomic E-state index is 11.9. The normalized spacial score (nSPS) is 10.3. The third-order valence-electron chi connectivity index (χ3n) is 2.57. The summed E-state index contributed by atoms with van der Waals surface area (Å²) in [4.78, 5) is 27.0. The molecule has 0 aliphatic heterocycles. The largest absolute Gasteiger partial charge is 0.462 e. The van der Waals surface area contributed by atoms with Gasteiger partial charge in [-0.2, -0.15) is 4.98 Å². The van der Waals surface area contributed by atoms with Crippen LogP contribution in [0.1, 0.15) is 17.3 Å². The zero-order chi connectivity index (χ0) is 16.1. The fourth-order valence-electron chi connectivity index (χ4n) is 1.64. The van der Waals surface area contributed by atoms with Crippen LogP contribution in [0.15, 0.2) is 24.3 Å². The van der Waals surface area contributed by atoms with Crippen LogP contribution in [0.3, 0.4) is 0 Å². The molecule has 0 spiro atoms. The molecule has 1 amide bonds. The third kappa shape index (κ3) is 4.19. The number of benzene rings is 1. The Morgan fingerprint density at radius 2 is 1.95 bits per heavy atom. The first-order valence-corrected chi connectivity index (χ1v) is 7.08. The van der Waals surface area contributed by atoms with Crippen molar-refractivity contribution in [3.05, 3.63) is 40.4 Å². The summed E-state index contributed by atoms with van der Waals surface area (Å²) in [6, 6.07) is 6.32. The molecule has 0 saturated carbocycles. The van der Waals surface area contributed by atoms with Crippen LogP contribution in [0.25, 0.3) is 0 Å². The number of nitrogens with zero attached hydrogens (tertiary/aromatic N) is 3. The van der Waals surface area contributed by atoms with Gasteiger partial charge in [0.25, 0.3) is 0 Å². The van der Waals surface area contributed by atoms with Gasteiger partial charge in [-0.3, -0.25) is 4.79 Å². The molecule has 0 aliphatic rings. The highest BCUT2D eigenvalue weighted by Crippen LogP contribution is 2.12. The Kier molecular flexibility index (Phi) is 5.35. The summed E-state index contributed by atoms with van der Waals surface area (Å²) < 4.78 is 6.04. The minimum absolute atomic E-state index is 0.0257. The number of nitrogens with one attached hydrogen (secondary N) is 1. The van der Waals surface area contributed by atoms with Gasteiger partial charge in [-0.15, -0.1) is 5.10 Å². The predicted molar refractivity (Wildman–Crippen MR) is 81.1 cm³/mol. The van der Waals surface area contributed by atoms with E-state index in [0.29, 0.717) is 17.9 Å². The molecule has 0 fully saturated rings. The summed E-state index contributed by atoms with van der Waals surface area (Å²) in [5.41, 5.74) is 0.936. The van der Waals surface area contributed by atoms with Crippen LogP contribution in [0.5, 0.6) is 0 Å². The molecule has 0 atom stereocenters. The highest BCUT2D eigenvalue weighted by atomic mass is 35.5. The highest BCUT2D eigenvalue weighted by Gasteiger charge is 2.11. The number of carbonyl (C=O) groups is 2. The zero-order valence-electron chi connectivity index (χ0n) is 11.5. The van der Waals surface area contributed by atoms with Gasteiger partial charge in [-0.1, -0.05) is 0 Å². The van der Waals surface area contributed by atoms with Crippen LogP contribution in [0.4, 0.5) is 5.69 Å². The molecule has 2 aromatic rings. The van der Waals surface area contributed by atoms with Gasteiger partial charge >= 0.3 is 5.97 Å². The first-order chi connectivity index (χ1) is 10.5. The van der Waals surface area contributed by atoms with E-state index in [4.69, 9.17) is 27.9 Å². The zero-order valence-corrected chi connectivity index (χ0v) is 13.1. The van der Waals surface area contributed by atoms with Crippen LogP contribution in [0.2, 0.25) is 10.6 Å². The average molecular weight is 343 g/mol. The maximum atomic E-state index is 11.9. The standard InChI is InChI=1S/C13H12Cl2N4O3/c1-2-22-11(21)8-3-5-9(6-4-8)16-10(20)7-19-13(15)17-12(14)18-19/h3-6H,2,7H2,1H3,(H,16,20). The van der Waals surface area contributed by atoms with Crippen molar-refractivity contribution in [2.45, 2.75) is 13.5 Å². The molecule has 1 heterocycles. The minimum atomic E-state index is -0.413. The molecular weight excluding hydrogens is 331 g/mol. The Bertz CT molecular complexity index is 685. The summed E-state index contributed by atoms with van der Waals surface area (Å²) in [6.45, 7) is 1.91. The van der Waals surface area contributed by atoms with Gasteiger partial charge in [0.2, 0.25) is 16.5 Å². The summed E-state index contributed by atoms with van der Waals surface area (Å²) in [5.74, 6) is -0.767. The highest BCUT2D eigenvalue weighted by molar-refractivity contribution is 6.31. The summed E-state index contributed by atoms with van der Waals surface area (Å²) in [7, 11) is 0. The number of esters is 1. The van der Waals surface area contributed by atoms with E-state index < -0.39 is 5.97 Å². The second-order valence-corrected chi connectivity index (χ2v) is 4.83. The van der Waals surface area contributed by atoms with E-state index in [1.807, 2.05) is 0 Å². The Morgan fingerprint density at radius 1 is 1.27 bits per heavy atom. The number of carbonyl (C=O) groups excluding carboxylic acids is 2. The number of anilines is 1. The van der Waals surface area contributed by atoms with E-state index in [1.54, 1.807) is 31.2 Å². The van der Waals surface area contributed by atoms with E-state index in [9.17, 15) is 9.59 Å². The summed E-state index contributed by atoms with van der Waals surface area (Å²) in [6.07, 6.45) is 0. The Balaban J connectivity index is 1.97. The van der Waals surface area contributed by atoms with Gasteiger partial charge in [0.05, 0.1) is 12.2 Å². The van der Waals surface area contributed by atoms with Gasteiger partial charge in [0, 0.05) is 5.69 Å². The van der Waals surface area contributed by atoms with E-state index in [0.717, 1.165) is 0 Å².